The van der Waals surface area contributed by atoms with Crippen LogP contribution in [0.15, 0.2) is 30.3 Å². The lowest BCUT2D eigenvalue weighted by Crippen LogP contribution is -2.52. The molecule has 1 aromatic carbocycles. The summed E-state index contributed by atoms with van der Waals surface area (Å²) in [6, 6.07) is 11.4. The van der Waals surface area contributed by atoms with Crippen LogP contribution in [0.1, 0.15) is 37.1 Å². The summed E-state index contributed by atoms with van der Waals surface area (Å²) >= 11 is 0. The van der Waals surface area contributed by atoms with Gasteiger partial charge in [0.2, 0.25) is 0 Å². The SMILES string of the molecule is c1ccc(-n2c(O[C@@H]3CN4CCC3CC4)nc3c2CCCC3)cc1. The van der Waals surface area contributed by atoms with E-state index in [1.807, 2.05) is 0 Å². The second-order valence-electron chi connectivity index (χ2n) is 7.46. The number of nitrogens with zero attached hydrogens (tertiary/aromatic N) is 3. The highest BCUT2D eigenvalue weighted by Gasteiger charge is 2.37. The Kier molecular flexibility index (Phi) is 3.58. The van der Waals surface area contributed by atoms with Crippen LogP contribution in [0.3, 0.4) is 0 Å². The number of piperidine rings is 3. The maximum absolute atomic E-state index is 6.54. The largest absolute Gasteiger partial charge is 0.459 e. The topological polar surface area (TPSA) is 30.3 Å². The Balaban J connectivity index is 1.52. The normalized spacial score (nSPS) is 28.6. The summed E-state index contributed by atoms with van der Waals surface area (Å²) in [6.45, 7) is 3.55. The Bertz CT molecular complexity index is 716. The number of benzene rings is 1. The molecule has 0 unspecified atom stereocenters. The van der Waals surface area contributed by atoms with Crippen LogP contribution < -0.4 is 4.74 Å². The first-order valence-corrected chi connectivity index (χ1v) is 9.43. The third kappa shape index (κ3) is 2.44. The van der Waals surface area contributed by atoms with Crippen molar-refractivity contribution in [2.75, 3.05) is 19.6 Å². The minimum absolute atomic E-state index is 0.304. The van der Waals surface area contributed by atoms with E-state index < -0.39 is 0 Å². The molecule has 3 saturated heterocycles. The standard InChI is InChI=1S/C20H25N3O/c1-2-6-16(7-3-1)23-18-9-5-4-8-17(18)21-20(23)24-19-14-22-12-10-15(19)11-13-22/h1-3,6-7,15,19H,4-5,8-14H2/t19-/m1/s1. The van der Waals surface area contributed by atoms with Gasteiger partial charge >= 0.3 is 6.01 Å². The van der Waals surface area contributed by atoms with E-state index in [2.05, 4.69) is 39.8 Å². The summed E-state index contributed by atoms with van der Waals surface area (Å²) in [5.41, 5.74) is 3.80. The Labute approximate surface area is 143 Å². The molecule has 4 aliphatic rings. The third-order valence-electron chi connectivity index (χ3n) is 5.97. The molecule has 4 heterocycles. The number of hydrogen-bond acceptors (Lipinski definition) is 3. The van der Waals surface area contributed by atoms with E-state index in [0.29, 0.717) is 12.0 Å². The number of imidazole rings is 1. The van der Waals surface area contributed by atoms with Crippen LogP contribution in [0.25, 0.3) is 5.69 Å². The first kappa shape index (κ1) is 14.5. The number of rotatable bonds is 3. The molecule has 1 aromatic heterocycles. The van der Waals surface area contributed by atoms with Crippen molar-refractivity contribution in [1.29, 1.82) is 0 Å². The monoisotopic (exact) mass is 323 g/mol. The highest BCUT2D eigenvalue weighted by molar-refractivity contribution is 5.40. The number of ether oxygens (including phenoxy) is 1. The lowest BCUT2D eigenvalue weighted by molar-refractivity contribution is -0.0131. The molecule has 1 atom stereocenters. The highest BCUT2D eigenvalue weighted by Crippen LogP contribution is 2.34. The second kappa shape index (κ2) is 5.92. The van der Waals surface area contributed by atoms with E-state index in [0.717, 1.165) is 25.4 Å². The molecule has 0 radical (unpaired) electrons. The first-order valence-electron chi connectivity index (χ1n) is 9.43. The van der Waals surface area contributed by atoms with E-state index in [9.17, 15) is 0 Å². The van der Waals surface area contributed by atoms with Crippen molar-refractivity contribution in [3.05, 3.63) is 41.7 Å². The summed E-state index contributed by atoms with van der Waals surface area (Å²) in [5, 5.41) is 0. The van der Waals surface area contributed by atoms with Crippen molar-refractivity contribution < 1.29 is 4.74 Å². The maximum Gasteiger partial charge on any atom is 0.301 e. The van der Waals surface area contributed by atoms with E-state index in [-0.39, 0.29) is 0 Å². The molecular formula is C20H25N3O. The molecule has 126 valence electrons. The zero-order valence-corrected chi connectivity index (χ0v) is 14.2. The van der Waals surface area contributed by atoms with Crippen molar-refractivity contribution >= 4 is 0 Å². The van der Waals surface area contributed by atoms with Crippen molar-refractivity contribution in [3.8, 4) is 11.7 Å². The van der Waals surface area contributed by atoms with Gasteiger partial charge in [0.15, 0.2) is 0 Å². The van der Waals surface area contributed by atoms with E-state index in [1.165, 1.54) is 55.8 Å². The van der Waals surface area contributed by atoms with Crippen molar-refractivity contribution in [1.82, 2.24) is 14.5 Å². The number of hydrogen-bond donors (Lipinski definition) is 0. The fourth-order valence-corrected chi connectivity index (χ4v) is 4.62. The number of aromatic nitrogens is 2. The van der Waals surface area contributed by atoms with E-state index in [4.69, 9.17) is 9.72 Å². The number of para-hydroxylation sites is 1. The molecule has 4 nitrogen and oxygen atoms in total. The fourth-order valence-electron chi connectivity index (χ4n) is 4.62. The molecule has 0 spiro atoms. The molecule has 1 aliphatic carbocycles. The van der Waals surface area contributed by atoms with Gasteiger partial charge in [-0.25, -0.2) is 0 Å². The molecule has 3 aliphatic heterocycles. The van der Waals surface area contributed by atoms with Gasteiger partial charge < -0.3 is 4.74 Å². The number of aryl methyl sites for hydroxylation is 1. The van der Waals surface area contributed by atoms with Gasteiger partial charge in [-0.1, -0.05) is 18.2 Å². The predicted octanol–water partition coefficient (Wildman–Crippen LogP) is 3.22. The van der Waals surface area contributed by atoms with Crippen molar-refractivity contribution in [3.63, 3.8) is 0 Å². The van der Waals surface area contributed by atoms with Crippen molar-refractivity contribution in [2.24, 2.45) is 5.92 Å². The van der Waals surface area contributed by atoms with Crippen molar-refractivity contribution in [2.45, 2.75) is 44.6 Å². The molecular weight excluding hydrogens is 298 g/mol. The molecule has 24 heavy (non-hydrogen) atoms. The van der Waals surface area contributed by atoms with Gasteiger partial charge in [0.25, 0.3) is 0 Å². The number of fused-ring (bicyclic) bond motifs is 4. The predicted molar refractivity (Wildman–Crippen MR) is 93.8 cm³/mol. The summed E-state index contributed by atoms with van der Waals surface area (Å²) in [5.74, 6) is 0.702. The highest BCUT2D eigenvalue weighted by atomic mass is 16.5. The van der Waals surface area contributed by atoms with Gasteiger partial charge in [-0.05, 0) is 69.7 Å². The van der Waals surface area contributed by atoms with Crippen LogP contribution in [-0.2, 0) is 12.8 Å². The van der Waals surface area contributed by atoms with Gasteiger partial charge in [0.1, 0.15) is 6.10 Å². The Hall–Kier alpha value is -1.81. The van der Waals surface area contributed by atoms with Crippen LogP contribution in [0, 0.1) is 5.92 Å². The molecule has 6 rings (SSSR count). The molecule has 4 heteroatoms. The van der Waals surface area contributed by atoms with E-state index in [1.54, 1.807) is 0 Å². The van der Waals surface area contributed by atoms with Gasteiger partial charge in [0.05, 0.1) is 11.4 Å². The van der Waals surface area contributed by atoms with Crippen LogP contribution in [0.2, 0.25) is 0 Å². The third-order valence-corrected chi connectivity index (χ3v) is 5.97. The summed E-state index contributed by atoms with van der Waals surface area (Å²) in [7, 11) is 0. The van der Waals surface area contributed by atoms with Crippen LogP contribution >= 0.6 is 0 Å². The smallest absolute Gasteiger partial charge is 0.301 e. The lowest BCUT2D eigenvalue weighted by atomic mass is 9.86. The average molecular weight is 323 g/mol. The zero-order chi connectivity index (χ0) is 15.9. The van der Waals surface area contributed by atoms with Gasteiger partial charge in [-0.15, -0.1) is 0 Å². The minimum atomic E-state index is 0.304. The van der Waals surface area contributed by atoms with Gasteiger partial charge in [-0.2, -0.15) is 4.98 Å². The lowest BCUT2D eigenvalue weighted by Gasteiger charge is -2.44. The molecule has 2 aromatic rings. The molecule has 0 saturated carbocycles. The first-order chi connectivity index (χ1) is 11.9. The molecule has 3 fully saturated rings. The van der Waals surface area contributed by atoms with E-state index >= 15 is 0 Å². The summed E-state index contributed by atoms with van der Waals surface area (Å²) < 4.78 is 8.82. The quantitative estimate of drug-likeness (QED) is 0.869. The summed E-state index contributed by atoms with van der Waals surface area (Å²) in [6.07, 6.45) is 7.56. The fraction of sp³-hybridized carbons (Fsp3) is 0.550. The average Bonchev–Trinajstić information content (AvgIpc) is 3.01. The molecule has 0 N–H and O–H groups in total. The zero-order valence-electron chi connectivity index (χ0n) is 14.2. The van der Waals surface area contributed by atoms with Gasteiger partial charge in [0, 0.05) is 12.2 Å². The van der Waals surface area contributed by atoms with Crippen LogP contribution in [0.4, 0.5) is 0 Å². The second-order valence-corrected chi connectivity index (χ2v) is 7.46. The molecule has 0 amide bonds. The molecule has 2 bridgehead atoms. The van der Waals surface area contributed by atoms with Gasteiger partial charge in [-0.3, -0.25) is 9.47 Å². The minimum Gasteiger partial charge on any atom is -0.459 e. The maximum atomic E-state index is 6.54. The Morgan fingerprint density at radius 3 is 2.54 bits per heavy atom. The Morgan fingerprint density at radius 1 is 1.00 bits per heavy atom. The summed E-state index contributed by atoms with van der Waals surface area (Å²) in [4.78, 5) is 7.47. The Morgan fingerprint density at radius 2 is 1.79 bits per heavy atom. The van der Waals surface area contributed by atoms with Crippen LogP contribution in [0.5, 0.6) is 6.01 Å². The van der Waals surface area contributed by atoms with Crippen LogP contribution in [-0.4, -0.2) is 40.2 Å².